The molecule has 0 aliphatic heterocycles. The topological polar surface area (TPSA) is 75.3 Å². The SMILES string of the molecule is NC(=S)C1(NC(=O)c2ccc(I)c(O)c2)CCCCCC1. The van der Waals surface area contributed by atoms with Crippen LogP contribution in [-0.2, 0) is 0 Å². The van der Waals surface area contributed by atoms with Crippen molar-refractivity contribution in [2.75, 3.05) is 0 Å². The van der Waals surface area contributed by atoms with Gasteiger partial charge in [0.05, 0.1) is 14.1 Å². The number of amides is 1. The molecule has 1 aliphatic rings. The van der Waals surface area contributed by atoms with Crippen LogP contribution in [0.4, 0.5) is 0 Å². The Morgan fingerprint density at radius 2 is 1.90 bits per heavy atom. The number of rotatable bonds is 3. The van der Waals surface area contributed by atoms with Gasteiger partial charge in [-0.2, -0.15) is 0 Å². The molecule has 2 rings (SSSR count). The maximum atomic E-state index is 12.5. The molecule has 1 aliphatic carbocycles. The number of nitrogens with two attached hydrogens (primary N) is 1. The van der Waals surface area contributed by atoms with Crippen molar-refractivity contribution < 1.29 is 9.90 Å². The number of hydrogen-bond donors (Lipinski definition) is 3. The van der Waals surface area contributed by atoms with Gasteiger partial charge >= 0.3 is 0 Å². The third kappa shape index (κ3) is 3.85. The van der Waals surface area contributed by atoms with Crippen molar-refractivity contribution in [1.29, 1.82) is 0 Å². The van der Waals surface area contributed by atoms with Crippen LogP contribution in [0.15, 0.2) is 18.2 Å². The number of benzene rings is 1. The Bertz CT molecular complexity index is 555. The van der Waals surface area contributed by atoms with Gasteiger partial charge in [0.25, 0.3) is 5.91 Å². The summed E-state index contributed by atoms with van der Waals surface area (Å²) in [5.74, 6) is -0.134. The van der Waals surface area contributed by atoms with Gasteiger partial charge in [0.2, 0.25) is 0 Å². The molecule has 6 heteroatoms. The lowest BCUT2D eigenvalue weighted by atomic mass is 9.89. The Morgan fingerprint density at radius 3 is 2.43 bits per heavy atom. The predicted octanol–water partition coefficient (Wildman–Crippen LogP) is 3.11. The van der Waals surface area contributed by atoms with Crippen LogP contribution in [0, 0.1) is 3.57 Å². The van der Waals surface area contributed by atoms with E-state index in [2.05, 4.69) is 5.32 Å². The molecule has 1 fully saturated rings. The minimum absolute atomic E-state index is 0.105. The minimum atomic E-state index is -0.596. The normalized spacial score (nSPS) is 17.8. The number of aromatic hydroxyl groups is 1. The highest BCUT2D eigenvalue weighted by Gasteiger charge is 2.35. The third-order valence-electron chi connectivity index (χ3n) is 3.99. The standard InChI is InChI=1S/C15H19IN2O2S/c16-11-6-5-10(9-12(11)19)13(20)18-15(14(17)21)7-3-1-2-4-8-15/h5-6,9,19H,1-4,7-8H2,(H2,17,21)(H,18,20). The monoisotopic (exact) mass is 418 g/mol. The fraction of sp³-hybridized carbons (Fsp3) is 0.467. The highest BCUT2D eigenvalue weighted by Crippen LogP contribution is 2.28. The number of phenols is 1. The number of hydrogen-bond acceptors (Lipinski definition) is 3. The number of carbonyl (C=O) groups excluding carboxylic acids is 1. The van der Waals surface area contributed by atoms with E-state index in [4.69, 9.17) is 18.0 Å². The number of phenolic OH excluding ortho intramolecular Hbond substituents is 1. The van der Waals surface area contributed by atoms with Gasteiger partial charge in [0, 0.05) is 5.56 Å². The molecule has 114 valence electrons. The molecule has 0 unspecified atom stereocenters. The van der Waals surface area contributed by atoms with Crippen LogP contribution in [0.25, 0.3) is 0 Å². The molecule has 0 heterocycles. The van der Waals surface area contributed by atoms with Crippen LogP contribution in [0.5, 0.6) is 5.75 Å². The quantitative estimate of drug-likeness (QED) is 0.401. The van der Waals surface area contributed by atoms with Gasteiger partial charge in [-0.1, -0.05) is 37.9 Å². The summed E-state index contributed by atoms with van der Waals surface area (Å²) in [7, 11) is 0. The summed E-state index contributed by atoms with van der Waals surface area (Å²) in [4.78, 5) is 12.8. The molecule has 1 aromatic carbocycles. The Kier molecular flexibility index (Phi) is 5.43. The van der Waals surface area contributed by atoms with E-state index in [1.807, 2.05) is 22.6 Å². The first-order valence-electron chi connectivity index (χ1n) is 7.05. The summed E-state index contributed by atoms with van der Waals surface area (Å²) >= 11 is 7.23. The Hall–Kier alpha value is -0.890. The number of halogens is 1. The second-order valence-electron chi connectivity index (χ2n) is 5.48. The largest absolute Gasteiger partial charge is 0.507 e. The summed E-state index contributed by atoms with van der Waals surface area (Å²) in [5, 5.41) is 12.8. The second-order valence-corrected chi connectivity index (χ2v) is 7.08. The molecular formula is C15H19IN2O2S. The van der Waals surface area contributed by atoms with Gasteiger partial charge in [-0.15, -0.1) is 0 Å². The smallest absolute Gasteiger partial charge is 0.252 e. The molecule has 0 bridgehead atoms. The molecule has 1 amide bonds. The van der Waals surface area contributed by atoms with E-state index in [9.17, 15) is 9.90 Å². The summed E-state index contributed by atoms with van der Waals surface area (Å²) < 4.78 is 0.711. The van der Waals surface area contributed by atoms with Crippen LogP contribution < -0.4 is 11.1 Å². The minimum Gasteiger partial charge on any atom is -0.507 e. The van der Waals surface area contributed by atoms with E-state index >= 15 is 0 Å². The molecule has 1 aromatic rings. The summed E-state index contributed by atoms with van der Waals surface area (Å²) in [5.41, 5.74) is 5.75. The van der Waals surface area contributed by atoms with Crippen molar-refractivity contribution in [3.63, 3.8) is 0 Å². The van der Waals surface area contributed by atoms with Gasteiger partial charge in [0.1, 0.15) is 5.75 Å². The summed E-state index contributed by atoms with van der Waals surface area (Å²) in [6, 6.07) is 4.88. The van der Waals surface area contributed by atoms with Gasteiger partial charge in [-0.05, 0) is 53.6 Å². The lowest BCUT2D eigenvalue weighted by Crippen LogP contribution is -2.56. The lowest BCUT2D eigenvalue weighted by Gasteiger charge is -2.33. The fourth-order valence-corrected chi connectivity index (χ4v) is 3.30. The van der Waals surface area contributed by atoms with Crippen LogP contribution >= 0.6 is 34.8 Å². The average Bonchev–Trinajstić information content (AvgIpc) is 2.68. The van der Waals surface area contributed by atoms with Crippen LogP contribution in [0.3, 0.4) is 0 Å². The summed E-state index contributed by atoms with van der Waals surface area (Å²) in [6.07, 6.45) is 5.87. The zero-order valence-electron chi connectivity index (χ0n) is 11.7. The molecule has 1 saturated carbocycles. The molecular weight excluding hydrogens is 399 g/mol. The molecule has 0 spiro atoms. The molecule has 0 atom stereocenters. The van der Waals surface area contributed by atoms with Gasteiger partial charge in [0.15, 0.2) is 0 Å². The molecule has 4 nitrogen and oxygen atoms in total. The predicted molar refractivity (Wildman–Crippen MR) is 95.5 cm³/mol. The first-order chi connectivity index (χ1) is 9.94. The van der Waals surface area contributed by atoms with Crippen molar-refractivity contribution in [3.8, 4) is 5.75 Å². The zero-order chi connectivity index (χ0) is 15.5. The van der Waals surface area contributed by atoms with Crippen molar-refractivity contribution in [2.45, 2.75) is 44.1 Å². The van der Waals surface area contributed by atoms with E-state index < -0.39 is 5.54 Å². The Morgan fingerprint density at radius 1 is 1.29 bits per heavy atom. The van der Waals surface area contributed by atoms with Gasteiger partial charge in [-0.3, -0.25) is 4.79 Å². The van der Waals surface area contributed by atoms with E-state index in [-0.39, 0.29) is 11.7 Å². The van der Waals surface area contributed by atoms with Crippen molar-refractivity contribution in [1.82, 2.24) is 5.32 Å². The van der Waals surface area contributed by atoms with E-state index in [0.29, 0.717) is 14.1 Å². The van der Waals surface area contributed by atoms with Crippen molar-refractivity contribution in [2.24, 2.45) is 5.73 Å². The van der Waals surface area contributed by atoms with Crippen LogP contribution in [-0.4, -0.2) is 21.5 Å². The highest BCUT2D eigenvalue weighted by atomic mass is 127. The molecule has 21 heavy (non-hydrogen) atoms. The molecule has 4 N–H and O–H groups in total. The van der Waals surface area contributed by atoms with E-state index in [0.717, 1.165) is 38.5 Å². The molecule has 0 aromatic heterocycles. The van der Waals surface area contributed by atoms with Crippen LogP contribution in [0.2, 0.25) is 0 Å². The zero-order valence-corrected chi connectivity index (χ0v) is 14.7. The maximum Gasteiger partial charge on any atom is 0.252 e. The average molecular weight is 418 g/mol. The van der Waals surface area contributed by atoms with E-state index in [1.54, 1.807) is 12.1 Å². The number of carbonyl (C=O) groups is 1. The number of nitrogens with one attached hydrogen (secondary N) is 1. The van der Waals surface area contributed by atoms with Crippen molar-refractivity contribution >= 4 is 45.7 Å². The van der Waals surface area contributed by atoms with E-state index in [1.165, 1.54) is 6.07 Å². The second kappa shape index (κ2) is 6.91. The van der Waals surface area contributed by atoms with Crippen molar-refractivity contribution in [3.05, 3.63) is 27.3 Å². The molecule has 0 radical (unpaired) electrons. The first-order valence-corrected chi connectivity index (χ1v) is 8.54. The van der Waals surface area contributed by atoms with Crippen LogP contribution in [0.1, 0.15) is 48.9 Å². The highest BCUT2D eigenvalue weighted by molar-refractivity contribution is 14.1. The summed E-state index contributed by atoms with van der Waals surface area (Å²) in [6.45, 7) is 0. The maximum absolute atomic E-state index is 12.5. The lowest BCUT2D eigenvalue weighted by molar-refractivity contribution is 0.0917. The first kappa shape index (κ1) is 16.5. The van der Waals surface area contributed by atoms with Gasteiger partial charge < -0.3 is 16.2 Å². The fourth-order valence-electron chi connectivity index (χ4n) is 2.71. The Balaban J connectivity index is 2.21. The number of thiocarbonyl (C=S) groups is 1. The molecule has 0 saturated heterocycles. The third-order valence-corrected chi connectivity index (χ3v) is 5.29. The van der Waals surface area contributed by atoms with Gasteiger partial charge in [-0.25, -0.2) is 0 Å². The Labute approximate surface area is 143 Å².